The minimum atomic E-state index is -0.463. The molecule has 21 heavy (non-hydrogen) atoms. The Hall–Kier alpha value is -1.93. The van der Waals surface area contributed by atoms with E-state index < -0.39 is 5.97 Å². The molecular weight excluding hydrogens is 278 g/mol. The van der Waals surface area contributed by atoms with Crippen LogP contribution in [0.15, 0.2) is 6.07 Å². The van der Waals surface area contributed by atoms with Crippen LogP contribution in [-0.2, 0) is 25.6 Å². The summed E-state index contributed by atoms with van der Waals surface area (Å²) in [6.45, 7) is 2.85. The molecule has 0 unspecified atom stereocenters. The highest BCUT2D eigenvalue weighted by molar-refractivity contribution is 5.70. The summed E-state index contributed by atoms with van der Waals surface area (Å²) in [5.74, 6) is 0.409. The van der Waals surface area contributed by atoms with Gasteiger partial charge in [-0.1, -0.05) is 0 Å². The molecule has 0 aliphatic carbocycles. The van der Waals surface area contributed by atoms with Gasteiger partial charge < -0.3 is 23.8 Å². The molecule has 1 fully saturated rings. The van der Waals surface area contributed by atoms with Crippen molar-refractivity contribution in [1.82, 2.24) is 9.97 Å². The fourth-order valence-electron chi connectivity index (χ4n) is 1.85. The van der Waals surface area contributed by atoms with Crippen LogP contribution in [0.4, 0.5) is 5.95 Å². The van der Waals surface area contributed by atoms with E-state index in [1.54, 1.807) is 13.2 Å². The van der Waals surface area contributed by atoms with E-state index in [1.165, 1.54) is 7.11 Å². The summed E-state index contributed by atoms with van der Waals surface area (Å²) in [6, 6.07) is 1.65. The average Bonchev–Trinajstić information content (AvgIpc) is 2.53. The fourth-order valence-corrected chi connectivity index (χ4v) is 1.85. The first-order chi connectivity index (χ1) is 10.2. The molecule has 0 radical (unpaired) electrons. The van der Waals surface area contributed by atoms with Crippen molar-refractivity contribution >= 4 is 11.9 Å². The first-order valence-electron chi connectivity index (χ1n) is 6.62. The van der Waals surface area contributed by atoms with Crippen molar-refractivity contribution in [3.8, 4) is 5.88 Å². The molecule has 0 amide bonds. The molecule has 0 aromatic carbocycles. The predicted octanol–water partition coefficient (Wildman–Crippen LogP) is 0.0114. The van der Waals surface area contributed by atoms with Gasteiger partial charge in [0.25, 0.3) is 0 Å². The first-order valence-corrected chi connectivity index (χ1v) is 6.62. The largest absolute Gasteiger partial charge is 0.466 e. The van der Waals surface area contributed by atoms with Crippen LogP contribution >= 0.6 is 0 Å². The van der Waals surface area contributed by atoms with Crippen LogP contribution in [0, 0.1) is 0 Å². The molecule has 0 saturated carbocycles. The Labute approximate surface area is 123 Å². The Balaban J connectivity index is 2.14. The zero-order valence-electron chi connectivity index (χ0n) is 12.2. The van der Waals surface area contributed by atoms with Gasteiger partial charge in [-0.2, -0.15) is 4.98 Å². The highest BCUT2D eigenvalue weighted by atomic mass is 16.6. The molecule has 8 nitrogen and oxygen atoms in total. The van der Waals surface area contributed by atoms with Gasteiger partial charge in [-0.3, -0.25) is 0 Å². The lowest BCUT2D eigenvalue weighted by Gasteiger charge is -2.27. The van der Waals surface area contributed by atoms with Gasteiger partial charge in [0, 0.05) is 26.3 Å². The predicted molar refractivity (Wildman–Crippen MR) is 73.3 cm³/mol. The molecule has 0 spiro atoms. The molecule has 0 N–H and O–H groups in total. The summed E-state index contributed by atoms with van der Waals surface area (Å²) in [5.41, 5.74) is 0.689. The van der Waals surface area contributed by atoms with Crippen LogP contribution in [0.5, 0.6) is 5.88 Å². The number of hydrogen-bond acceptors (Lipinski definition) is 8. The molecule has 1 aliphatic rings. The Morgan fingerprint density at radius 2 is 2.10 bits per heavy atom. The SMILES string of the molecule is COCc1cc(OCC(=O)OC)nc(N2CCOCC2)n1. The van der Waals surface area contributed by atoms with Crippen molar-refractivity contribution in [3.63, 3.8) is 0 Å². The number of anilines is 1. The Bertz CT molecular complexity index is 477. The quantitative estimate of drug-likeness (QED) is 0.679. The van der Waals surface area contributed by atoms with Gasteiger partial charge in [-0.25, -0.2) is 9.78 Å². The van der Waals surface area contributed by atoms with E-state index in [-0.39, 0.29) is 6.61 Å². The summed E-state index contributed by atoms with van der Waals surface area (Å²) in [7, 11) is 2.90. The zero-order valence-corrected chi connectivity index (χ0v) is 12.2. The van der Waals surface area contributed by atoms with Crippen LogP contribution in [-0.4, -0.2) is 63.1 Å². The number of esters is 1. The maximum atomic E-state index is 11.1. The van der Waals surface area contributed by atoms with E-state index in [9.17, 15) is 4.79 Å². The summed E-state index contributed by atoms with van der Waals surface area (Å²) in [5, 5.41) is 0. The van der Waals surface area contributed by atoms with E-state index in [0.717, 1.165) is 0 Å². The van der Waals surface area contributed by atoms with Crippen LogP contribution < -0.4 is 9.64 Å². The molecule has 116 valence electrons. The molecule has 1 saturated heterocycles. The van der Waals surface area contributed by atoms with Crippen LogP contribution in [0.25, 0.3) is 0 Å². The highest BCUT2D eigenvalue weighted by Crippen LogP contribution is 2.17. The molecule has 2 heterocycles. The summed E-state index contributed by atoms with van der Waals surface area (Å²) < 4.78 is 20.3. The summed E-state index contributed by atoms with van der Waals surface area (Å²) in [4.78, 5) is 21.9. The number of morpholine rings is 1. The number of nitrogens with zero attached hydrogens (tertiary/aromatic N) is 3. The average molecular weight is 297 g/mol. The Kier molecular flexibility index (Phi) is 5.70. The Morgan fingerprint density at radius 3 is 2.76 bits per heavy atom. The number of hydrogen-bond donors (Lipinski definition) is 0. The van der Waals surface area contributed by atoms with E-state index >= 15 is 0 Å². The number of aromatic nitrogens is 2. The molecule has 8 heteroatoms. The molecule has 1 aromatic rings. The van der Waals surface area contributed by atoms with Crippen molar-refractivity contribution in [1.29, 1.82) is 0 Å². The standard InChI is InChI=1S/C13H19N3O5/c1-18-8-10-7-11(21-9-12(17)19-2)15-13(14-10)16-3-5-20-6-4-16/h7H,3-6,8-9H2,1-2H3. The normalized spacial score (nSPS) is 14.9. The lowest BCUT2D eigenvalue weighted by Crippen LogP contribution is -2.37. The first kappa shape index (κ1) is 15.5. The van der Waals surface area contributed by atoms with Crippen molar-refractivity contribution in [2.45, 2.75) is 6.61 Å². The lowest BCUT2D eigenvalue weighted by atomic mass is 10.4. The van der Waals surface area contributed by atoms with Crippen LogP contribution in [0.1, 0.15) is 5.69 Å². The molecule has 1 aromatic heterocycles. The van der Waals surface area contributed by atoms with Crippen molar-refractivity contribution < 1.29 is 23.7 Å². The van der Waals surface area contributed by atoms with Gasteiger partial charge in [0.15, 0.2) is 6.61 Å². The molecular formula is C13H19N3O5. The highest BCUT2D eigenvalue weighted by Gasteiger charge is 2.16. The topological polar surface area (TPSA) is 83.0 Å². The number of carbonyl (C=O) groups excluding carboxylic acids is 1. The van der Waals surface area contributed by atoms with Gasteiger partial charge in [0.1, 0.15) is 0 Å². The minimum absolute atomic E-state index is 0.192. The number of ether oxygens (including phenoxy) is 4. The van der Waals surface area contributed by atoms with Gasteiger partial charge in [0.2, 0.25) is 11.8 Å². The van der Waals surface area contributed by atoms with Crippen LogP contribution in [0.2, 0.25) is 0 Å². The zero-order chi connectivity index (χ0) is 15.1. The molecule has 1 aliphatic heterocycles. The third-order valence-electron chi connectivity index (χ3n) is 2.90. The van der Waals surface area contributed by atoms with Crippen molar-refractivity contribution in [3.05, 3.63) is 11.8 Å². The number of methoxy groups -OCH3 is 2. The Morgan fingerprint density at radius 1 is 1.33 bits per heavy atom. The third kappa shape index (κ3) is 4.54. The van der Waals surface area contributed by atoms with E-state index in [4.69, 9.17) is 14.2 Å². The number of carbonyl (C=O) groups is 1. The summed E-state index contributed by atoms with van der Waals surface area (Å²) >= 11 is 0. The number of rotatable bonds is 6. The van der Waals surface area contributed by atoms with Crippen molar-refractivity contribution in [2.75, 3.05) is 52.0 Å². The van der Waals surface area contributed by atoms with Gasteiger partial charge >= 0.3 is 5.97 Å². The fraction of sp³-hybridized carbons (Fsp3) is 0.615. The van der Waals surface area contributed by atoms with E-state index in [2.05, 4.69) is 14.7 Å². The second kappa shape index (κ2) is 7.75. The van der Waals surface area contributed by atoms with E-state index in [0.29, 0.717) is 50.4 Å². The molecule has 0 atom stereocenters. The maximum absolute atomic E-state index is 11.1. The minimum Gasteiger partial charge on any atom is -0.466 e. The van der Waals surface area contributed by atoms with Crippen molar-refractivity contribution in [2.24, 2.45) is 0 Å². The van der Waals surface area contributed by atoms with Gasteiger partial charge in [-0.05, 0) is 0 Å². The maximum Gasteiger partial charge on any atom is 0.343 e. The second-order valence-corrected chi connectivity index (χ2v) is 4.39. The lowest BCUT2D eigenvalue weighted by molar-refractivity contribution is -0.143. The monoisotopic (exact) mass is 297 g/mol. The van der Waals surface area contributed by atoms with Gasteiger partial charge in [0.05, 0.1) is 32.6 Å². The second-order valence-electron chi connectivity index (χ2n) is 4.39. The molecule has 2 rings (SSSR count). The molecule has 0 bridgehead atoms. The van der Waals surface area contributed by atoms with Crippen LogP contribution in [0.3, 0.4) is 0 Å². The van der Waals surface area contributed by atoms with Gasteiger partial charge in [-0.15, -0.1) is 0 Å². The summed E-state index contributed by atoms with van der Waals surface area (Å²) in [6.07, 6.45) is 0. The van der Waals surface area contributed by atoms with E-state index in [1.807, 2.05) is 4.90 Å². The third-order valence-corrected chi connectivity index (χ3v) is 2.90. The smallest absolute Gasteiger partial charge is 0.343 e.